The number of fused-ring (bicyclic) bond motifs is 1. The standard InChI is InChI=1S/C18H23N5O/c1-22-11-12-23(13-18(22)5-7-19-8-6-18)17(24)14-3-2-4-15-16(14)21-10-9-20-15/h2-4,9-10,19H,5-8,11-13H2,1H3. The monoisotopic (exact) mass is 325 g/mol. The number of hydrogen-bond donors (Lipinski definition) is 1. The molecule has 0 saturated carbocycles. The Bertz CT molecular complexity index is 751. The van der Waals surface area contributed by atoms with Crippen LogP contribution in [-0.2, 0) is 0 Å². The third kappa shape index (κ3) is 2.56. The van der Waals surface area contributed by atoms with E-state index >= 15 is 0 Å². The van der Waals surface area contributed by atoms with Crippen molar-refractivity contribution in [3.05, 3.63) is 36.2 Å². The Balaban J connectivity index is 1.64. The summed E-state index contributed by atoms with van der Waals surface area (Å²) in [5, 5.41) is 3.43. The van der Waals surface area contributed by atoms with E-state index in [1.54, 1.807) is 12.4 Å². The van der Waals surface area contributed by atoms with Gasteiger partial charge in [0.2, 0.25) is 0 Å². The second-order valence-corrected chi connectivity index (χ2v) is 6.85. The highest BCUT2D eigenvalue weighted by Crippen LogP contribution is 2.30. The Morgan fingerprint density at radius 1 is 1.17 bits per heavy atom. The molecule has 3 heterocycles. The lowest BCUT2D eigenvalue weighted by atomic mass is 9.84. The fourth-order valence-corrected chi connectivity index (χ4v) is 4.00. The number of nitrogens with zero attached hydrogens (tertiary/aromatic N) is 4. The van der Waals surface area contributed by atoms with Crippen molar-refractivity contribution in [1.29, 1.82) is 0 Å². The SMILES string of the molecule is CN1CCN(C(=O)c2cccc3nccnc23)CC12CCNCC2. The molecule has 126 valence electrons. The normalized spacial score (nSPS) is 21.3. The van der Waals surface area contributed by atoms with Gasteiger partial charge in [-0.05, 0) is 45.1 Å². The highest BCUT2D eigenvalue weighted by atomic mass is 16.2. The second-order valence-electron chi connectivity index (χ2n) is 6.85. The van der Waals surface area contributed by atoms with Gasteiger partial charge in [-0.25, -0.2) is 0 Å². The van der Waals surface area contributed by atoms with E-state index in [0.717, 1.165) is 51.1 Å². The average Bonchev–Trinajstić information content (AvgIpc) is 2.64. The van der Waals surface area contributed by atoms with Gasteiger partial charge in [-0.1, -0.05) is 6.07 Å². The van der Waals surface area contributed by atoms with Crippen LogP contribution in [0.5, 0.6) is 0 Å². The lowest BCUT2D eigenvalue weighted by Crippen LogP contribution is -2.64. The van der Waals surface area contributed by atoms with Crippen LogP contribution in [0.15, 0.2) is 30.6 Å². The minimum Gasteiger partial charge on any atom is -0.335 e. The molecule has 1 spiro atoms. The van der Waals surface area contributed by atoms with Crippen LogP contribution in [-0.4, -0.2) is 71.0 Å². The number of likely N-dealkylation sites (N-methyl/N-ethyl adjacent to an activating group) is 1. The quantitative estimate of drug-likeness (QED) is 0.852. The Morgan fingerprint density at radius 2 is 1.96 bits per heavy atom. The number of rotatable bonds is 1. The molecule has 2 aliphatic rings. The minimum atomic E-state index is 0.0760. The van der Waals surface area contributed by atoms with Gasteiger partial charge in [-0.2, -0.15) is 0 Å². The molecule has 2 aromatic rings. The third-order valence-corrected chi connectivity index (χ3v) is 5.55. The van der Waals surface area contributed by atoms with E-state index < -0.39 is 0 Å². The maximum Gasteiger partial charge on any atom is 0.256 e. The summed E-state index contributed by atoms with van der Waals surface area (Å²) >= 11 is 0. The molecule has 1 aromatic heterocycles. The summed E-state index contributed by atoms with van der Waals surface area (Å²) in [6.07, 6.45) is 5.49. The van der Waals surface area contributed by atoms with Gasteiger partial charge in [0.25, 0.3) is 5.91 Å². The van der Waals surface area contributed by atoms with Crippen LogP contribution in [0.25, 0.3) is 11.0 Å². The number of para-hydroxylation sites is 1. The summed E-state index contributed by atoms with van der Waals surface area (Å²) in [6, 6.07) is 5.66. The highest BCUT2D eigenvalue weighted by Gasteiger charge is 2.42. The Morgan fingerprint density at radius 3 is 2.79 bits per heavy atom. The van der Waals surface area contributed by atoms with Gasteiger partial charge < -0.3 is 10.2 Å². The first kappa shape index (κ1) is 15.5. The number of piperidine rings is 1. The zero-order valence-corrected chi connectivity index (χ0v) is 14.0. The maximum atomic E-state index is 13.2. The molecular formula is C18H23N5O. The molecule has 2 saturated heterocycles. The molecule has 2 fully saturated rings. The van der Waals surface area contributed by atoms with Crippen molar-refractivity contribution < 1.29 is 4.79 Å². The van der Waals surface area contributed by atoms with Gasteiger partial charge in [0, 0.05) is 37.6 Å². The van der Waals surface area contributed by atoms with E-state index in [4.69, 9.17) is 0 Å². The van der Waals surface area contributed by atoms with Gasteiger partial charge in [0.05, 0.1) is 11.1 Å². The van der Waals surface area contributed by atoms with Crippen molar-refractivity contribution in [3.8, 4) is 0 Å². The molecule has 0 bridgehead atoms. The molecule has 1 N–H and O–H groups in total. The Kier molecular flexibility index (Phi) is 3.94. The average molecular weight is 325 g/mol. The van der Waals surface area contributed by atoms with E-state index in [9.17, 15) is 4.79 Å². The smallest absolute Gasteiger partial charge is 0.256 e. The van der Waals surface area contributed by atoms with Crippen LogP contribution < -0.4 is 5.32 Å². The van der Waals surface area contributed by atoms with Crippen LogP contribution in [0.4, 0.5) is 0 Å². The minimum absolute atomic E-state index is 0.0760. The summed E-state index contributed by atoms with van der Waals surface area (Å²) in [4.78, 5) is 26.3. The number of hydrogen-bond acceptors (Lipinski definition) is 5. The van der Waals surface area contributed by atoms with Gasteiger partial charge in [-0.3, -0.25) is 19.7 Å². The zero-order chi connectivity index (χ0) is 16.6. The molecule has 4 rings (SSSR count). The number of aromatic nitrogens is 2. The highest BCUT2D eigenvalue weighted by molar-refractivity contribution is 6.04. The maximum absolute atomic E-state index is 13.2. The van der Waals surface area contributed by atoms with E-state index in [-0.39, 0.29) is 11.4 Å². The van der Waals surface area contributed by atoms with Crippen molar-refractivity contribution in [3.63, 3.8) is 0 Å². The first-order valence-electron chi connectivity index (χ1n) is 8.61. The lowest BCUT2D eigenvalue weighted by Gasteiger charge is -2.51. The molecule has 2 aliphatic heterocycles. The Hall–Kier alpha value is -2.05. The summed E-state index contributed by atoms with van der Waals surface area (Å²) in [7, 11) is 2.19. The van der Waals surface area contributed by atoms with E-state index in [2.05, 4.69) is 27.2 Å². The molecule has 0 aliphatic carbocycles. The summed E-state index contributed by atoms with van der Waals surface area (Å²) in [6.45, 7) is 4.52. The van der Waals surface area contributed by atoms with Crippen LogP contribution in [0.1, 0.15) is 23.2 Å². The topological polar surface area (TPSA) is 61.4 Å². The first-order chi connectivity index (χ1) is 11.7. The molecular weight excluding hydrogens is 302 g/mol. The predicted octanol–water partition coefficient (Wildman–Crippen LogP) is 1.14. The number of benzene rings is 1. The lowest BCUT2D eigenvalue weighted by molar-refractivity contribution is -0.000900. The van der Waals surface area contributed by atoms with E-state index in [1.807, 2.05) is 23.1 Å². The molecule has 6 heteroatoms. The number of carbonyl (C=O) groups is 1. The molecule has 1 aromatic carbocycles. The van der Waals surface area contributed by atoms with Gasteiger partial charge in [0.1, 0.15) is 5.52 Å². The molecule has 0 radical (unpaired) electrons. The third-order valence-electron chi connectivity index (χ3n) is 5.55. The molecule has 0 unspecified atom stereocenters. The number of nitrogens with one attached hydrogen (secondary N) is 1. The summed E-state index contributed by atoms with van der Waals surface area (Å²) in [5.74, 6) is 0.0760. The van der Waals surface area contributed by atoms with Crippen molar-refractivity contribution >= 4 is 16.9 Å². The number of carbonyl (C=O) groups excluding carboxylic acids is 1. The number of amides is 1. The van der Waals surface area contributed by atoms with Crippen molar-refractivity contribution in [2.45, 2.75) is 18.4 Å². The van der Waals surface area contributed by atoms with Crippen molar-refractivity contribution in [2.75, 3.05) is 39.8 Å². The van der Waals surface area contributed by atoms with Crippen LogP contribution in [0, 0.1) is 0 Å². The summed E-state index contributed by atoms with van der Waals surface area (Å²) in [5.41, 5.74) is 2.24. The van der Waals surface area contributed by atoms with Gasteiger partial charge >= 0.3 is 0 Å². The Labute approximate surface area is 141 Å². The molecule has 1 amide bonds. The fraction of sp³-hybridized carbons (Fsp3) is 0.500. The van der Waals surface area contributed by atoms with Crippen LogP contribution >= 0.6 is 0 Å². The largest absolute Gasteiger partial charge is 0.335 e. The first-order valence-corrected chi connectivity index (χ1v) is 8.61. The second kappa shape index (κ2) is 6.11. The van der Waals surface area contributed by atoms with E-state index in [0.29, 0.717) is 11.1 Å². The number of piperazine rings is 1. The van der Waals surface area contributed by atoms with Gasteiger partial charge in [-0.15, -0.1) is 0 Å². The summed E-state index contributed by atoms with van der Waals surface area (Å²) < 4.78 is 0. The van der Waals surface area contributed by atoms with E-state index in [1.165, 1.54) is 0 Å². The predicted molar refractivity (Wildman–Crippen MR) is 92.9 cm³/mol. The van der Waals surface area contributed by atoms with Crippen molar-refractivity contribution in [1.82, 2.24) is 25.1 Å². The molecule has 6 nitrogen and oxygen atoms in total. The van der Waals surface area contributed by atoms with Crippen LogP contribution in [0.2, 0.25) is 0 Å². The van der Waals surface area contributed by atoms with Crippen molar-refractivity contribution in [2.24, 2.45) is 0 Å². The zero-order valence-electron chi connectivity index (χ0n) is 14.0. The fourth-order valence-electron chi connectivity index (χ4n) is 4.00. The molecule has 0 atom stereocenters. The molecule has 24 heavy (non-hydrogen) atoms. The van der Waals surface area contributed by atoms with Crippen LogP contribution in [0.3, 0.4) is 0 Å². The van der Waals surface area contributed by atoms with Gasteiger partial charge in [0.15, 0.2) is 0 Å².